The quantitative estimate of drug-likeness (QED) is 0.844. The molecule has 1 saturated carbocycles. The summed E-state index contributed by atoms with van der Waals surface area (Å²) in [5.74, 6) is 0.280. The highest BCUT2D eigenvalue weighted by Gasteiger charge is 2.25. The van der Waals surface area contributed by atoms with Crippen molar-refractivity contribution in [1.82, 2.24) is 5.32 Å². The Bertz CT molecular complexity index is 397. The molecular weight excluding hydrogens is 233 g/mol. The first-order valence-corrected chi connectivity index (χ1v) is 6.41. The SMILES string of the molecule is COc1ccc(CNC2CCCC2CO)cc1F. The number of hydrogen-bond acceptors (Lipinski definition) is 3. The first-order chi connectivity index (χ1) is 8.74. The van der Waals surface area contributed by atoms with Gasteiger partial charge in [-0.3, -0.25) is 0 Å². The van der Waals surface area contributed by atoms with E-state index in [4.69, 9.17) is 4.74 Å². The van der Waals surface area contributed by atoms with Gasteiger partial charge in [-0.2, -0.15) is 0 Å². The highest BCUT2D eigenvalue weighted by Crippen LogP contribution is 2.25. The van der Waals surface area contributed by atoms with Crippen LogP contribution in [0, 0.1) is 11.7 Å². The highest BCUT2D eigenvalue weighted by atomic mass is 19.1. The lowest BCUT2D eigenvalue weighted by molar-refractivity contribution is 0.205. The molecule has 18 heavy (non-hydrogen) atoms. The van der Waals surface area contributed by atoms with Crippen molar-refractivity contribution in [3.63, 3.8) is 0 Å². The molecule has 1 aromatic carbocycles. The zero-order chi connectivity index (χ0) is 13.0. The third-order valence-corrected chi connectivity index (χ3v) is 3.68. The first-order valence-electron chi connectivity index (χ1n) is 6.41. The lowest BCUT2D eigenvalue weighted by Crippen LogP contribution is -2.33. The van der Waals surface area contributed by atoms with Crippen LogP contribution >= 0.6 is 0 Å². The smallest absolute Gasteiger partial charge is 0.165 e. The molecule has 100 valence electrons. The molecule has 0 saturated heterocycles. The Morgan fingerprint density at radius 3 is 2.94 bits per heavy atom. The number of nitrogens with one attached hydrogen (secondary N) is 1. The Morgan fingerprint density at radius 2 is 2.28 bits per heavy atom. The fourth-order valence-corrected chi connectivity index (χ4v) is 2.59. The van der Waals surface area contributed by atoms with Gasteiger partial charge in [0.25, 0.3) is 0 Å². The van der Waals surface area contributed by atoms with Gasteiger partial charge < -0.3 is 15.2 Å². The molecule has 0 aromatic heterocycles. The van der Waals surface area contributed by atoms with Crippen LogP contribution in [0.2, 0.25) is 0 Å². The van der Waals surface area contributed by atoms with E-state index in [1.54, 1.807) is 6.07 Å². The average molecular weight is 253 g/mol. The van der Waals surface area contributed by atoms with Crippen LogP contribution in [-0.2, 0) is 6.54 Å². The van der Waals surface area contributed by atoms with Crippen LogP contribution in [0.25, 0.3) is 0 Å². The minimum atomic E-state index is -0.332. The predicted octanol–water partition coefficient (Wildman–Crippen LogP) is 2.08. The Labute approximate surface area is 107 Å². The number of halogens is 1. The van der Waals surface area contributed by atoms with Gasteiger partial charge in [0.15, 0.2) is 11.6 Å². The summed E-state index contributed by atoms with van der Waals surface area (Å²) in [7, 11) is 1.46. The molecule has 0 heterocycles. The van der Waals surface area contributed by atoms with Crippen molar-refractivity contribution in [2.45, 2.75) is 31.8 Å². The second-order valence-electron chi connectivity index (χ2n) is 4.83. The molecule has 2 atom stereocenters. The molecule has 2 unspecified atom stereocenters. The van der Waals surface area contributed by atoms with Crippen LogP contribution in [-0.4, -0.2) is 24.9 Å². The number of benzene rings is 1. The number of ether oxygens (including phenoxy) is 1. The van der Waals surface area contributed by atoms with Crippen LogP contribution in [0.4, 0.5) is 4.39 Å². The third-order valence-electron chi connectivity index (χ3n) is 3.68. The van der Waals surface area contributed by atoms with Gasteiger partial charge in [0, 0.05) is 19.2 Å². The van der Waals surface area contributed by atoms with Crippen LogP contribution in [0.3, 0.4) is 0 Å². The monoisotopic (exact) mass is 253 g/mol. The summed E-state index contributed by atoms with van der Waals surface area (Å²) in [6, 6.07) is 5.34. The molecule has 1 aromatic rings. The molecule has 0 bridgehead atoms. The fourth-order valence-electron chi connectivity index (χ4n) is 2.59. The van der Waals surface area contributed by atoms with Crippen molar-refractivity contribution >= 4 is 0 Å². The number of aliphatic hydroxyl groups is 1. The van der Waals surface area contributed by atoms with Gasteiger partial charge in [-0.15, -0.1) is 0 Å². The van der Waals surface area contributed by atoms with Crippen LogP contribution in [0.15, 0.2) is 18.2 Å². The molecule has 2 N–H and O–H groups in total. The van der Waals surface area contributed by atoms with E-state index in [1.807, 2.05) is 6.07 Å². The largest absolute Gasteiger partial charge is 0.494 e. The summed E-state index contributed by atoms with van der Waals surface area (Å²) in [6.45, 7) is 0.858. The van der Waals surface area contributed by atoms with E-state index < -0.39 is 0 Å². The fraction of sp³-hybridized carbons (Fsp3) is 0.571. The van der Waals surface area contributed by atoms with Gasteiger partial charge in [0.1, 0.15) is 0 Å². The van der Waals surface area contributed by atoms with Gasteiger partial charge >= 0.3 is 0 Å². The highest BCUT2D eigenvalue weighted by molar-refractivity contribution is 5.29. The standard InChI is InChI=1S/C14H20FNO2/c1-18-14-6-5-10(7-12(14)15)8-16-13-4-2-3-11(13)9-17/h5-7,11,13,16-17H,2-4,8-9H2,1H3. The van der Waals surface area contributed by atoms with E-state index in [0.717, 1.165) is 24.8 Å². The minimum Gasteiger partial charge on any atom is -0.494 e. The lowest BCUT2D eigenvalue weighted by Gasteiger charge is -2.19. The maximum atomic E-state index is 13.5. The zero-order valence-electron chi connectivity index (χ0n) is 10.7. The normalized spacial score (nSPS) is 23.3. The summed E-state index contributed by atoms with van der Waals surface area (Å²) in [5, 5.41) is 12.6. The molecule has 4 heteroatoms. The van der Waals surface area contributed by atoms with Crippen molar-refractivity contribution in [3.8, 4) is 5.75 Å². The molecule has 0 aliphatic heterocycles. The number of aliphatic hydroxyl groups excluding tert-OH is 1. The topological polar surface area (TPSA) is 41.5 Å². The summed E-state index contributed by atoms with van der Waals surface area (Å²) >= 11 is 0. The zero-order valence-corrected chi connectivity index (χ0v) is 10.7. The molecule has 2 rings (SSSR count). The van der Waals surface area contributed by atoms with Gasteiger partial charge in [-0.25, -0.2) is 4.39 Å². The van der Waals surface area contributed by atoms with E-state index in [-0.39, 0.29) is 18.2 Å². The summed E-state index contributed by atoms with van der Waals surface area (Å²) < 4.78 is 18.4. The molecule has 0 amide bonds. The van der Waals surface area contributed by atoms with E-state index in [0.29, 0.717) is 18.5 Å². The van der Waals surface area contributed by atoms with Gasteiger partial charge in [0.2, 0.25) is 0 Å². The van der Waals surface area contributed by atoms with E-state index in [9.17, 15) is 9.50 Å². The second-order valence-corrected chi connectivity index (χ2v) is 4.83. The summed E-state index contributed by atoms with van der Waals surface area (Å²) in [6.07, 6.45) is 3.31. The minimum absolute atomic E-state index is 0.231. The van der Waals surface area contributed by atoms with Crippen LogP contribution in [0.1, 0.15) is 24.8 Å². The van der Waals surface area contributed by atoms with Crippen LogP contribution in [0.5, 0.6) is 5.75 Å². The van der Waals surface area contributed by atoms with E-state index in [2.05, 4.69) is 5.32 Å². The summed E-state index contributed by atoms with van der Waals surface area (Å²) in [4.78, 5) is 0. The molecule has 1 aliphatic carbocycles. The van der Waals surface area contributed by atoms with Crippen molar-refractivity contribution in [2.75, 3.05) is 13.7 Å². The molecule has 0 spiro atoms. The Morgan fingerprint density at radius 1 is 1.44 bits per heavy atom. The van der Waals surface area contributed by atoms with Gasteiger partial charge in [-0.05, 0) is 36.5 Å². The van der Waals surface area contributed by atoms with Crippen molar-refractivity contribution in [3.05, 3.63) is 29.6 Å². The van der Waals surface area contributed by atoms with Crippen molar-refractivity contribution < 1.29 is 14.2 Å². The van der Waals surface area contributed by atoms with Gasteiger partial charge in [0.05, 0.1) is 7.11 Å². The number of hydrogen-bond donors (Lipinski definition) is 2. The predicted molar refractivity (Wildman–Crippen MR) is 68.0 cm³/mol. The molecule has 1 fully saturated rings. The maximum absolute atomic E-state index is 13.5. The first kappa shape index (κ1) is 13.3. The van der Waals surface area contributed by atoms with Crippen molar-refractivity contribution in [2.24, 2.45) is 5.92 Å². The van der Waals surface area contributed by atoms with E-state index >= 15 is 0 Å². The Balaban J connectivity index is 1.92. The van der Waals surface area contributed by atoms with Crippen molar-refractivity contribution in [1.29, 1.82) is 0 Å². The number of methoxy groups -OCH3 is 1. The lowest BCUT2D eigenvalue weighted by atomic mass is 10.0. The third kappa shape index (κ3) is 3.00. The average Bonchev–Trinajstić information content (AvgIpc) is 2.84. The number of rotatable bonds is 5. The molecule has 3 nitrogen and oxygen atoms in total. The molecular formula is C14H20FNO2. The van der Waals surface area contributed by atoms with Gasteiger partial charge in [-0.1, -0.05) is 12.5 Å². The van der Waals surface area contributed by atoms with Crippen LogP contribution < -0.4 is 10.1 Å². The second kappa shape index (κ2) is 6.16. The Hall–Kier alpha value is -1.13. The molecule has 1 aliphatic rings. The van der Waals surface area contributed by atoms with E-state index in [1.165, 1.54) is 13.2 Å². The summed E-state index contributed by atoms with van der Waals surface area (Å²) in [5.41, 5.74) is 0.900. The maximum Gasteiger partial charge on any atom is 0.165 e. The molecule has 0 radical (unpaired) electrons. The Kier molecular flexibility index (Phi) is 4.55.